The lowest BCUT2D eigenvalue weighted by Gasteiger charge is -2.34. The standard InChI is InChI=1S/C32H40FN3O4S/c1-6-24(4)34-32(38)30(20-25-14-8-7-9-15-25)35(21-26-16-10-12-18-28(26)33)31(37)22-36(41(5,39)40)29-19-13-11-17-27(29)23(2)3/h7-19,23-24,30H,6,20-22H2,1-5H3,(H,34,38)/t24-,30-/m1/s1. The fourth-order valence-corrected chi connectivity index (χ4v) is 5.47. The predicted octanol–water partition coefficient (Wildman–Crippen LogP) is 5.27. The smallest absolute Gasteiger partial charge is 0.244 e. The lowest BCUT2D eigenvalue weighted by molar-refractivity contribution is -0.140. The third kappa shape index (κ3) is 8.63. The highest BCUT2D eigenvalue weighted by Crippen LogP contribution is 2.29. The van der Waals surface area contributed by atoms with Gasteiger partial charge >= 0.3 is 0 Å². The molecule has 0 aliphatic rings. The van der Waals surface area contributed by atoms with E-state index in [1.165, 1.54) is 11.0 Å². The average Bonchev–Trinajstić information content (AvgIpc) is 2.94. The van der Waals surface area contributed by atoms with Crippen LogP contribution in [0.15, 0.2) is 78.9 Å². The maximum atomic E-state index is 14.9. The molecule has 0 unspecified atom stereocenters. The molecule has 0 saturated carbocycles. The molecule has 0 aliphatic heterocycles. The zero-order valence-corrected chi connectivity index (χ0v) is 25.2. The Hall–Kier alpha value is -3.72. The molecule has 0 aromatic heterocycles. The summed E-state index contributed by atoms with van der Waals surface area (Å²) in [5, 5.41) is 2.97. The van der Waals surface area contributed by atoms with Crippen LogP contribution in [-0.2, 0) is 32.6 Å². The van der Waals surface area contributed by atoms with Crippen LogP contribution < -0.4 is 9.62 Å². The summed E-state index contributed by atoms with van der Waals surface area (Å²) in [6.45, 7) is 6.95. The van der Waals surface area contributed by atoms with Crippen molar-refractivity contribution >= 4 is 27.5 Å². The van der Waals surface area contributed by atoms with E-state index in [0.717, 1.165) is 21.7 Å². The van der Waals surface area contributed by atoms with E-state index in [1.807, 2.05) is 70.2 Å². The van der Waals surface area contributed by atoms with E-state index in [1.54, 1.807) is 30.3 Å². The minimum Gasteiger partial charge on any atom is -0.352 e. The Kier molecular flexibility index (Phi) is 11.1. The highest BCUT2D eigenvalue weighted by Gasteiger charge is 2.34. The number of carbonyl (C=O) groups excluding carboxylic acids is 2. The molecule has 3 rings (SSSR count). The summed E-state index contributed by atoms with van der Waals surface area (Å²) in [7, 11) is -3.90. The summed E-state index contributed by atoms with van der Waals surface area (Å²) in [6.07, 6.45) is 1.90. The van der Waals surface area contributed by atoms with E-state index >= 15 is 0 Å². The van der Waals surface area contributed by atoms with Gasteiger partial charge in [-0.15, -0.1) is 0 Å². The van der Waals surface area contributed by atoms with Crippen LogP contribution in [0.4, 0.5) is 10.1 Å². The molecule has 3 aromatic carbocycles. The molecule has 9 heteroatoms. The molecular weight excluding hydrogens is 541 g/mol. The normalized spacial score (nSPS) is 13.0. The lowest BCUT2D eigenvalue weighted by Crippen LogP contribution is -2.54. The monoisotopic (exact) mass is 581 g/mol. The number of halogens is 1. The van der Waals surface area contributed by atoms with Gasteiger partial charge in [0.25, 0.3) is 0 Å². The van der Waals surface area contributed by atoms with Crippen molar-refractivity contribution in [2.24, 2.45) is 0 Å². The fraction of sp³-hybridized carbons (Fsp3) is 0.375. The molecule has 220 valence electrons. The largest absolute Gasteiger partial charge is 0.352 e. The van der Waals surface area contributed by atoms with Crippen molar-refractivity contribution in [1.29, 1.82) is 0 Å². The van der Waals surface area contributed by atoms with Crippen LogP contribution in [0, 0.1) is 5.82 Å². The van der Waals surface area contributed by atoms with Crippen molar-refractivity contribution in [3.05, 3.63) is 101 Å². The number of carbonyl (C=O) groups is 2. The molecule has 0 bridgehead atoms. The number of benzene rings is 3. The number of hydrogen-bond acceptors (Lipinski definition) is 4. The topological polar surface area (TPSA) is 86.8 Å². The maximum absolute atomic E-state index is 14.9. The van der Waals surface area contributed by atoms with Crippen molar-refractivity contribution in [3.63, 3.8) is 0 Å². The Labute approximate surface area is 243 Å². The zero-order valence-electron chi connectivity index (χ0n) is 24.4. The summed E-state index contributed by atoms with van der Waals surface area (Å²) < 4.78 is 42.1. The number of rotatable bonds is 13. The van der Waals surface area contributed by atoms with Crippen LogP contribution in [0.3, 0.4) is 0 Å². The minimum absolute atomic E-state index is 0.00721. The van der Waals surface area contributed by atoms with Gasteiger partial charge in [0.05, 0.1) is 11.9 Å². The van der Waals surface area contributed by atoms with Gasteiger partial charge in [0.2, 0.25) is 21.8 Å². The average molecular weight is 582 g/mol. The van der Waals surface area contributed by atoms with Crippen molar-refractivity contribution in [3.8, 4) is 0 Å². The number of hydrogen-bond donors (Lipinski definition) is 1. The molecule has 7 nitrogen and oxygen atoms in total. The minimum atomic E-state index is -3.90. The Morgan fingerprint density at radius 1 is 0.902 bits per heavy atom. The number of sulfonamides is 1. The Bertz CT molecular complexity index is 1430. The lowest BCUT2D eigenvalue weighted by atomic mass is 10.0. The number of nitrogens with one attached hydrogen (secondary N) is 1. The van der Waals surface area contributed by atoms with Crippen molar-refractivity contribution in [1.82, 2.24) is 10.2 Å². The van der Waals surface area contributed by atoms with Gasteiger partial charge in [-0.3, -0.25) is 13.9 Å². The Balaban J connectivity index is 2.11. The zero-order chi connectivity index (χ0) is 30.2. The molecule has 0 fully saturated rings. The number of anilines is 1. The van der Waals surface area contributed by atoms with Crippen molar-refractivity contribution in [2.75, 3.05) is 17.1 Å². The van der Waals surface area contributed by atoms with E-state index in [9.17, 15) is 22.4 Å². The number of para-hydroxylation sites is 1. The second-order valence-electron chi connectivity index (χ2n) is 10.6. The number of amides is 2. The van der Waals surface area contributed by atoms with Crippen molar-refractivity contribution in [2.45, 2.75) is 65.1 Å². The van der Waals surface area contributed by atoms with Crippen LogP contribution in [0.5, 0.6) is 0 Å². The molecule has 0 heterocycles. The van der Waals surface area contributed by atoms with Crippen LogP contribution in [0.25, 0.3) is 0 Å². The summed E-state index contributed by atoms with van der Waals surface area (Å²) >= 11 is 0. The molecule has 0 saturated heterocycles. The predicted molar refractivity (Wildman–Crippen MR) is 162 cm³/mol. The molecule has 41 heavy (non-hydrogen) atoms. The second-order valence-corrected chi connectivity index (χ2v) is 12.5. The summed E-state index contributed by atoms with van der Waals surface area (Å²) in [6, 6.07) is 21.2. The summed E-state index contributed by atoms with van der Waals surface area (Å²) in [4.78, 5) is 29.2. The maximum Gasteiger partial charge on any atom is 0.244 e. The van der Waals surface area contributed by atoms with Crippen LogP contribution in [0.2, 0.25) is 0 Å². The van der Waals surface area contributed by atoms with Crippen LogP contribution >= 0.6 is 0 Å². The van der Waals surface area contributed by atoms with Gasteiger partial charge in [-0.1, -0.05) is 87.5 Å². The number of nitrogens with zero attached hydrogens (tertiary/aromatic N) is 2. The highest BCUT2D eigenvalue weighted by molar-refractivity contribution is 7.92. The molecule has 0 radical (unpaired) electrons. The third-order valence-corrected chi connectivity index (χ3v) is 8.20. The Morgan fingerprint density at radius 3 is 2.12 bits per heavy atom. The van der Waals surface area contributed by atoms with Gasteiger partial charge in [-0.05, 0) is 42.5 Å². The summed E-state index contributed by atoms with van der Waals surface area (Å²) in [5.41, 5.74) is 2.20. The first-order chi connectivity index (χ1) is 19.4. The summed E-state index contributed by atoms with van der Waals surface area (Å²) in [5.74, 6) is -1.53. The van der Waals surface area contributed by atoms with Gasteiger partial charge in [0.15, 0.2) is 0 Å². The molecule has 1 N–H and O–H groups in total. The first-order valence-corrected chi connectivity index (χ1v) is 15.7. The first kappa shape index (κ1) is 31.8. The van der Waals surface area contributed by atoms with Crippen LogP contribution in [0.1, 0.15) is 56.7 Å². The fourth-order valence-electron chi connectivity index (χ4n) is 4.60. The van der Waals surface area contributed by atoms with Gasteiger partial charge in [0.1, 0.15) is 18.4 Å². The van der Waals surface area contributed by atoms with E-state index in [-0.39, 0.29) is 36.4 Å². The molecule has 2 atom stereocenters. The first-order valence-electron chi connectivity index (χ1n) is 13.9. The van der Waals surface area contributed by atoms with Gasteiger partial charge in [0, 0.05) is 24.6 Å². The van der Waals surface area contributed by atoms with Crippen LogP contribution in [-0.4, -0.2) is 50.0 Å². The second kappa shape index (κ2) is 14.3. The molecular formula is C32H40FN3O4S. The van der Waals surface area contributed by atoms with E-state index in [4.69, 9.17) is 0 Å². The SMILES string of the molecule is CC[C@@H](C)NC(=O)[C@@H](Cc1ccccc1)N(Cc1ccccc1F)C(=O)CN(c1ccccc1C(C)C)S(C)(=O)=O. The van der Waals surface area contributed by atoms with E-state index in [2.05, 4.69) is 5.32 Å². The van der Waals surface area contributed by atoms with Gasteiger partial charge in [-0.25, -0.2) is 12.8 Å². The van der Waals surface area contributed by atoms with E-state index < -0.39 is 34.3 Å². The van der Waals surface area contributed by atoms with Gasteiger partial charge < -0.3 is 10.2 Å². The van der Waals surface area contributed by atoms with Crippen molar-refractivity contribution < 1.29 is 22.4 Å². The molecule has 3 aromatic rings. The Morgan fingerprint density at radius 2 is 1.51 bits per heavy atom. The quantitative estimate of drug-likeness (QED) is 0.298. The highest BCUT2D eigenvalue weighted by atomic mass is 32.2. The molecule has 0 spiro atoms. The molecule has 0 aliphatic carbocycles. The molecule has 2 amide bonds. The van der Waals surface area contributed by atoms with Gasteiger partial charge in [-0.2, -0.15) is 0 Å². The van der Waals surface area contributed by atoms with E-state index in [0.29, 0.717) is 12.1 Å². The third-order valence-electron chi connectivity index (χ3n) is 7.08.